The highest BCUT2D eigenvalue weighted by molar-refractivity contribution is 4.94. The maximum absolute atomic E-state index is 6.22. The van der Waals surface area contributed by atoms with Crippen LogP contribution in [0, 0.1) is 11.3 Å². The molecule has 0 amide bonds. The number of nitrogens with zero attached hydrogens (tertiary/aromatic N) is 1. The fourth-order valence-electron chi connectivity index (χ4n) is 2.78. The Bertz CT molecular complexity index is 207. The summed E-state index contributed by atoms with van der Waals surface area (Å²) in [5, 5.41) is 0. The molecule has 2 fully saturated rings. The van der Waals surface area contributed by atoms with Crippen LogP contribution in [-0.2, 0) is 0 Å². The van der Waals surface area contributed by atoms with E-state index in [1.807, 2.05) is 0 Å². The summed E-state index contributed by atoms with van der Waals surface area (Å²) in [4.78, 5) is 2.63. The van der Waals surface area contributed by atoms with E-state index < -0.39 is 0 Å². The molecule has 1 saturated heterocycles. The molecule has 1 saturated carbocycles. The Morgan fingerprint density at radius 3 is 2.50 bits per heavy atom. The van der Waals surface area contributed by atoms with Crippen molar-refractivity contribution in [2.75, 3.05) is 13.1 Å². The van der Waals surface area contributed by atoms with Crippen molar-refractivity contribution in [2.45, 2.75) is 52.1 Å². The van der Waals surface area contributed by atoms with E-state index in [-0.39, 0.29) is 5.41 Å². The van der Waals surface area contributed by atoms with Gasteiger partial charge in [-0.1, -0.05) is 20.8 Å². The van der Waals surface area contributed by atoms with Gasteiger partial charge in [0.15, 0.2) is 0 Å². The van der Waals surface area contributed by atoms with Crippen molar-refractivity contribution in [1.29, 1.82) is 0 Å². The van der Waals surface area contributed by atoms with Crippen LogP contribution in [0.3, 0.4) is 0 Å². The van der Waals surface area contributed by atoms with E-state index >= 15 is 0 Å². The summed E-state index contributed by atoms with van der Waals surface area (Å²) >= 11 is 0. The second kappa shape index (κ2) is 3.49. The predicted octanol–water partition coefficient (Wildman–Crippen LogP) is 1.84. The smallest absolute Gasteiger partial charge is 0.0217 e. The van der Waals surface area contributed by atoms with Crippen LogP contribution in [0.15, 0.2) is 0 Å². The van der Waals surface area contributed by atoms with Crippen molar-refractivity contribution in [2.24, 2.45) is 17.1 Å². The van der Waals surface area contributed by atoms with Crippen LogP contribution >= 0.6 is 0 Å². The van der Waals surface area contributed by atoms with Gasteiger partial charge in [-0.25, -0.2) is 0 Å². The van der Waals surface area contributed by atoms with Gasteiger partial charge in [-0.3, -0.25) is 4.90 Å². The Kier molecular flexibility index (Phi) is 2.61. The first-order valence-corrected chi connectivity index (χ1v) is 5.96. The lowest BCUT2D eigenvalue weighted by atomic mass is 9.87. The summed E-state index contributed by atoms with van der Waals surface area (Å²) in [5.41, 5.74) is 6.47. The summed E-state index contributed by atoms with van der Waals surface area (Å²) in [7, 11) is 0. The molecule has 1 aliphatic carbocycles. The Balaban J connectivity index is 1.87. The fourth-order valence-corrected chi connectivity index (χ4v) is 2.78. The zero-order valence-electron chi connectivity index (χ0n) is 9.79. The molecule has 1 heterocycles. The number of fused-ring (bicyclic) bond motifs is 2. The van der Waals surface area contributed by atoms with E-state index in [0.717, 1.165) is 18.5 Å². The molecule has 0 aromatic carbocycles. The zero-order valence-corrected chi connectivity index (χ0v) is 9.79. The van der Waals surface area contributed by atoms with Crippen molar-refractivity contribution in [3.63, 3.8) is 0 Å². The van der Waals surface area contributed by atoms with E-state index in [9.17, 15) is 0 Å². The number of rotatable bonds is 2. The van der Waals surface area contributed by atoms with Gasteiger partial charge in [0, 0.05) is 25.2 Å². The Labute approximate surface area is 87.8 Å². The molecule has 2 unspecified atom stereocenters. The molecule has 3 atom stereocenters. The highest BCUT2D eigenvalue weighted by Gasteiger charge is 2.39. The molecule has 0 aromatic rings. The van der Waals surface area contributed by atoms with Gasteiger partial charge in [-0.15, -0.1) is 0 Å². The zero-order chi connectivity index (χ0) is 10.3. The quantitative estimate of drug-likeness (QED) is 0.730. The summed E-state index contributed by atoms with van der Waals surface area (Å²) in [6.45, 7) is 9.14. The van der Waals surface area contributed by atoms with Crippen LogP contribution in [0.1, 0.15) is 40.0 Å². The molecule has 2 aliphatic rings. The molecule has 2 N–H and O–H groups in total. The number of piperidine rings is 1. The van der Waals surface area contributed by atoms with E-state index in [2.05, 4.69) is 25.7 Å². The van der Waals surface area contributed by atoms with Crippen molar-refractivity contribution < 1.29 is 0 Å². The molecule has 2 heteroatoms. The third kappa shape index (κ3) is 1.96. The lowest BCUT2D eigenvalue weighted by Gasteiger charge is -2.34. The second-order valence-electron chi connectivity index (χ2n) is 6.26. The first-order chi connectivity index (χ1) is 6.47. The lowest BCUT2D eigenvalue weighted by molar-refractivity contribution is 0.163. The first kappa shape index (κ1) is 10.4. The average molecular weight is 196 g/mol. The first-order valence-electron chi connectivity index (χ1n) is 5.96. The molecule has 2 nitrogen and oxygen atoms in total. The molecular formula is C12H24N2. The van der Waals surface area contributed by atoms with Gasteiger partial charge in [-0.2, -0.15) is 0 Å². The van der Waals surface area contributed by atoms with Gasteiger partial charge >= 0.3 is 0 Å². The highest BCUT2D eigenvalue weighted by atomic mass is 15.2. The van der Waals surface area contributed by atoms with Crippen molar-refractivity contribution in [3.8, 4) is 0 Å². The van der Waals surface area contributed by atoms with Crippen molar-refractivity contribution in [1.82, 2.24) is 4.90 Å². The minimum atomic E-state index is 0.252. The van der Waals surface area contributed by atoms with Crippen LogP contribution in [0.5, 0.6) is 0 Å². The van der Waals surface area contributed by atoms with E-state index in [1.165, 1.54) is 25.8 Å². The van der Waals surface area contributed by atoms with Gasteiger partial charge in [-0.05, 0) is 30.6 Å². The van der Waals surface area contributed by atoms with Gasteiger partial charge < -0.3 is 5.73 Å². The van der Waals surface area contributed by atoms with E-state index in [1.54, 1.807) is 0 Å². The van der Waals surface area contributed by atoms with E-state index in [4.69, 9.17) is 5.73 Å². The maximum Gasteiger partial charge on any atom is 0.0217 e. The fraction of sp³-hybridized carbons (Fsp3) is 1.00. The number of nitrogens with two attached hydrogens (primary N) is 1. The monoisotopic (exact) mass is 196 g/mol. The summed E-state index contributed by atoms with van der Waals surface area (Å²) in [5.74, 6) is 0.993. The molecule has 14 heavy (non-hydrogen) atoms. The number of hydrogen-bond donors (Lipinski definition) is 1. The molecule has 0 radical (unpaired) electrons. The topological polar surface area (TPSA) is 29.3 Å². The van der Waals surface area contributed by atoms with E-state index in [0.29, 0.717) is 6.04 Å². The molecule has 2 rings (SSSR count). The second-order valence-corrected chi connectivity index (χ2v) is 6.26. The predicted molar refractivity (Wildman–Crippen MR) is 60.1 cm³/mol. The minimum absolute atomic E-state index is 0.252. The standard InChI is InChI=1S/C12H24N2/c1-12(2,3)11(13)8-14-7-9-4-5-10(14)6-9/h9-11H,4-8,13H2,1-3H3/t9?,10?,11-/m0/s1. The molecule has 0 aromatic heterocycles. The van der Waals surface area contributed by atoms with Crippen molar-refractivity contribution in [3.05, 3.63) is 0 Å². The molecule has 2 bridgehead atoms. The number of hydrogen-bond acceptors (Lipinski definition) is 2. The normalized spacial score (nSPS) is 35.1. The Hall–Kier alpha value is -0.0800. The highest BCUT2D eigenvalue weighted by Crippen LogP contribution is 2.37. The lowest BCUT2D eigenvalue weighted by Crippen LogP contribution is -2.47. The van der Waals surface area contributed by atoms with Crippen LogP contribution in [0.4, 0.5) is 0 Å². The summed E-state index contributed by atoms with van der Waals surface area (Å²) in [6, 6.07) is 1.19. The SMILES string of the molecule is CC(C)(C)[C@@H](N)CN1CC2CCC1C2. The Morgan fingerprint density at radius 1 is 1.36 bits per heavy atom. The largest absolute Gasteiger partial charge is 0.326 e. The minimum Gasteiger partial charge on any atom is -0.326 e. The third-order valence-electron chi connectivity index (χ3n) is 4.07. The van der Waals surface area contributed by atoms with Crippen LogP contribution in [0.2, 0.25) is 0 Å². The molecular weight excluding hydrogens is 172 g/mol. The molecule has 82 valence electrons. The van der Waals surface area contributed by atoms with Crippen LogP contribution < -0.4 is 5.73 Å². The van der Waals surface area contributed by atoms with Gasteiger partial charge in [0.25, 0.3) is 0 Å². The number of likely N-dealkylation sites (tertiary alicyclic amines) is 1. The third-order valence-corrected chi connectivity index (χ3v) is 4.07. The van der Waals surface area contributed by atoms with Crippen molar-refractivity contribution >= 4 is 0 Å². The summed E-state index contributed by atoms with van der Waals surface area (Å²) in [6.07, 6.45) is 4.32. The molecule has 1 aliphatic heterocycles. The maximum atomic E-state index is 6.22. The van der Waals surface area contributed by atoms with Crippen LogP contribution in [-0.4, -0.2) is 30.1 Å². The van der Waals surface area contributed by atoms with Gasteiger partial charge in [0.2, 0.25) is 0 Å². The molecule has 0 spiro atoms. The Morgan fingerprint density at radius 2 is 2.07 bits per heavy atom. The van der Waals surface area contributed by atoms with Gasteiger partial charge in [0.05, 0.1) is 0 Å². The summed E-state index contributed by atoms with van der Waals surface area (Å²) < 4.78 is 0. The van der Waals surface area contributed by atoms with Crippen LogP contribution in [0.25, 0.3) is 0 Å². The average Bonchev–Trinajstić information content (AvgIpc) is 2.62. The van der Waals surface area contributed by atoms with Gasteiger partial charge in [0.1, 0.15) is 0 Å².